The number of benzene rings is 2. The summed E-state index contributed by atoms with van der Waals surface area (Å²) in [7, 11) is 0. The predicted octanol–water partition coefficient (Wildman–Crippen LogP) is 5.09. The normalized spacial score (nSPS) is 18.0. The Bertz CT molecular complexity index is 1010. The topological polar surface area (TPSA) is 76.1 Å². The molecule has 1 heterocycles. The molecule has 1 unspecified atom stereocenters. The van der Waals surface area contributed by atoms with Gasteiger partial charge in [0.1, 0.15) is 17.3 Å². The van der Waals surface area contributed by atoms with Gasteiger partial charge in [0.15, 0.2) is 0 Å². The van der Waals surface area contributed by atoms with Gasteiger partial charge in [0.25, 0.3) is 11.7 Å². The van der Waals surface area contributed by atoms with Crippen LogP contribution in [0.4, 0.5) is 0 Å². The van der Waals surface area contributed by atoms with Gasteiger partial charge >= 0.3 is 0 Å². The molecule has 1 N–H and O–H groups in total. The van der Waals surface area contributed by atoms with Gasteiger partial charge in [0.05, 0.1) is 23.8 Å². The van der Waals surface area contributed by atoms with E-state index in [-0.39, 0.29) is 23.5 Å². The van der Waals surface area contributed by atoms with Gasteiger partial charge in [-0.1, -0.05) is 19.1 Å². The molecule has 170 valence electrons. The molecule has 1 amide bonds. The van der Waals surface area contributed by atoms with Gasteiger partial charge in [-0.2, -0.15) is 0 Å². The van der Waals surface area contributed by atoms with Crippen molar-refractivity contribution in [3.05, 3.63) is 65.2 Å². The Kier molecular flexibility index (Phi) is 7.23. The van der Waals surface area contributed by atoms with E-state index in [0.717, 1.165) is 5.56 Å². The SMILES string of the molecule is CCCN1C(=O)C(=O)/C(=C(\O)c2ccc(OC(C)C)cc2)C1c1cccc(OC(C)C)c1. The van der Waals surface area contributed by atoms with Crippen LogP contribution in [0, 0.1) is 0 Å². The van der Waals surface area contributed by atoms with Gasteiger partial charge in [-0.25, -0.2) is 0 Å². The first kappa shape index (κ1) is 23.4. The molecule has 1 fully saturated rings. The van der Waals surface area contributed by atoms with Crippen LogP contribution >= 0.6 is 0 Å². The van der Waals surface area contributed by atoms with Crippen molar-refractivity contribution >= 4 is 17.4 Å². The minimum Gasteiger partial charge on any atom is -0.507 e. The van der Waals surface area contributed by atoms with Crippen molar-refractivity contribution < 1.29 is 24.2 Å². The second-order valence-corrected chi connectivity index (χ2v) is 8.42. The number of hydrogen-bond donors (Lipinski definition) is 1. The monoisotopic (exact) mass is 437 g/mol. The summed E-state index contributed by atoms with van der Waals surface area (Å²) in [6, 6.07) is 13.5. The third kappa shape index (κ3) is 4.96. The quantitative estimate of drug-likeness (QED) is 0.354. The maximum atomic E-state index is 13.0. The molecule has 0 spiro atoms. The van der Waals surface area contributed by atoms with E-state index in [1.165, 1.54) is 4.90 Å². The number of aliphatic hydroxyl groups is 1. The number of amides is 1. The van der Waals surface area contributed by atoms with E-state index in [1.807, 2.05) is 58.9 Å². The number of ether oxygens (including phenoxy) is 2. The smallest absolute Gasteiger partial charge is 0.295 e. The van der Waals surface area contributed by atoms with Crippen LogP contribution in [0.25, 0.3) is 5.76 Å². The third-order valence-corrected chi connectivity index (χ3v) is 5.05. The first-order chi connectivity index (χ1) is 15.2. The van der Waals surface area contributed by atoms with E-state index < -0.39 is 17.7 Å². The Labute approximate surface area is 189 Å². The summed E-state index contributed by atoms with van der Waals surface area (Å²) in [5, 5.41) is 11.1. The summed E-state index contributed by atoms with van der Waals surface area (Å²) < 4.78 is 11.5. The van der Waals surface area contributed by atoms with E-state index in [4.69, 9.17) is 9.47 Å². The minimum atomic E-state index is -0.683. The maximum Gasteiger partial charge on any atom is 0.295 e. The second-order valence-electron chi connectivity index (χ2n) is 8.42. The van der Waals surface area contributed by atoms with Gasteiger partial charge in [0, 0.05) is 12.1 Å². The molecule has 3 rings (SSSR count). The highest BCUT2D eigenvalue weighted by Crippen LogP contribution is 2.40. The summed E-state index contributed by atoms with van der Waals surface area (Å²) >= 11 is 0. The number of hydrogen-bond acceptors (Lipinski definition) is 5. The van der Waals surface area contributed by atoms with Gasteiger partial charge in [-0.15, -0.1) is 0 Å². The molecular formula is C26H31NO5. The van der Waals surface area contributed by atoms with Crippen molar-refractivity contribution in [2.24, 2.45) is 0 Å². The van der Waals surface area contributed by atoms with Crippen molar-refractivity contribution in [3.8, 4) is 11.5 Å². The first-order valence-electron chi connectivity index (χ1n) is 11.0. The number of Topliss-reactive ketones (excluding diaryl/α,β-unsaturated/α-hetero) is 1. The number of carbonyl (C=O) groups is 2. The number of carbonyl (C=O) groups excluding carboxylic acids is 2. The van der Waals surface area contributed by atoms with E-state index in [1.54, 1.807) is 24.3 Å². The molecule has 1 saturated heterocycles. The van der Waals surface area contributed by atoms with Crippen molar-refractivity contribution in [2.75, 3.05) is 6.54 Å². The lowest BCUT2D eigenvalue weighted by Gasteiger charge is -2.25. The van der Waals surface area contributed by atoms with E-state index >= 15 is 0 Å². The summed E-state index contributed by atoms with van der Waals surface area (Å²) in [6.45, 7) is 10.1. The van der Waals surface area contributed by atoms with Crippen molar-refractivity contribution in [1.29, 1.82) is 0 Å². The van der Waals surface area contributed by atoms with E-state index in [2.05, 4.69) is 0 Å². The zero-order valence-electron chi connectivity index (χ0n) is 19.3. The Balaban J connectivity index is 2.09. The van der Waals surface area contributed by atoms with Crippen LogP contribution in [-0.4, -0.2) is 40.4 Å². The highest BCUT2D eigenvalue weighted by atomic mass is 16.5. The van der Waals surface area contributed by atoms with Crippen molar-refractivity contribution in [2.45, 2.75) is 59.3 Å². The number of ketones is 1. The lowest BCUT2D eigenvalue weighted by atomic mass is 9.95. The molecule has 0 radical (unpaired) electrons. The average Bonchev–Trinajstić information content (AvgIpc) is 2.98. The molecule has 0 aliphatic carbocycles. The van der Waals surface area contributed by atoms with Gasteiger partial charge in [-0.05, 0) is 76.1 Å². The molecule has 0 bridgehead atoms. The minimum absolute atomic E-state index is 0.0150. The molecule has 32 heavy (non-hydrogen) atoms. The Hall–Kier alpha value is -3.28. The lowest BCUT2D eigenvalue weighted by molar-refractivity contribution is -0.139. The molecule has 6 nitrogen and oxygen atoms in total. The molecule has 0 aromatic heterocycles. The second kappa shape index (κ2) is 9.90. The van der Waals surface area contributed by atoms with Crippen molar-refractivity contribution in [3.63, 3.8) is 0 Å². The number of aliphatic hydroxyl groups excluding tert-OH is 1. The van der Waals surface area contributed by atoms with Crippen LogP contribution < -0.4 is 9.47 Å². The number of nitrogens with zero attached hydrogens (tertiary/aromatic N) is 1. The van der Waals surface area contributed by atoms with Crippen LogP contribution in [0.2, 0.25) is 0 Å². The molecule has 0 saturated carbocycles. The van der Waals surface area contributed by atoms with Gasteiger partial charge < -0.3 is 19.5 Å². The zero-order valence-corrected chi connectivity index (χ0v) is 19.3. The van der Waals surface area contributed by atoms with E-state index in [0.29, 0.717) is 30.0 Å². The standard InChI is InChI=1S/C26H31NO5/c1-6-14-27-23(19-8-7-9-21(15-19)32-17(4)5)22(25(29)26(27)30)24(28)18-10-12-20(13-11-18)31-16(2)3/h7-13,15-17,23,28H,6,14H2,1-5H3/b24-22-. The fourth-order valence-corrected chi connectivity index (χ4v) is 3.85. The molecule has 2 aromatic carbocycles. The molecule has 1 aliphatic rings. The molecular weight excluding hydrogens is 406 g/mol. The van der Waals surface area contributed by atoms with Crippen LogP contribution in [0.1, 0.15) is 58.2 Å². The number of rotatable bonds is 8. The highest BCUT2D eigenvalue weighted by Gasteiger charge is 2.45. The zero-order chi connectivity index (χ0) is 23.4. The van der Waals surface area contributed by atoms with Crippen LogP contribution in [0.5, 0.6) is 11.5 Å². The summed E-state index contributed by atoms with van der Waals surface area (Å²) in [6.07, 6.45) is 0.695. The fraction of sp³-hybridized carbons (Fsp3) is 0.385. The predicted molar refractivity (Wildman–Crippen MR) is 124 cm³/mol. The van der Waals surface area contributed by atoms with Crippen LogP contribution in [0.15, 0.2) is 54.1 Å². The summed E-state index contributed by atoms with van der Waals surface area (Å²) in [4.78, 5) is 27.4. The Morgan fingerprint density at radius 3 is 2.19 bits per heavy atom. The fourth-order valence-electron chi connectivity index (χ4n) is 3.85. The average molecular weight is 438 g/mol. The molecule has 1 aliphatic heterocycles. The molecule has 6 heteroatoms. The third-order valence-electron chi connectivity index (χ3n) is 5.05. The van der Waals surface area contributed by atoms with Crippen LogP contribution in [-0.2, 0) is 9.59 Å². The molecule has 2 aromatic rings. The Morgan fingerprint density at radius 2 is 1.59 bits per heavy atom. The van der Waals surface area contributed by atoms with Gasteiger partial charge in [0.2, 0.25) is 0 Å². The summed E-state index contributed by atoms with van der Waals surface area (Å²) in [5.41, 5.74) is 1.26. The summed E-state index contributed by atoms with van der Waals surface area (Å²) in [5.74, 6) is -0.168. The maximum absolute atomic E-state index is 13.0. The van der Waals surface area contributed by atoms with Crippen molar-refractivity contribution in [1.82, 2.24) is 4.90 Å². The largest absolute Gasteiger partial charge is 0.507 e. The van der Waals surface area contributed by atoms with Gasteiger partial charge in [-0.3, -0.25) is 9.59 Å². The van der Waals surface area contributed by atoms with E-state index in [9.17, 15) is 14.7 Å². The lowest BCUT2D eigenvalue weighted by Crippen LogP contribution is -2.30. The van der Waals surface area contributed by atoms with Crippen LogP contribution in [0.3, 0.4) is 0 Å². The molecule has 1 atom stereocenters. The Morgan fingerprint density at radius 1 is 0.969 bits per heavy atom. The first-order valence-corrected chi connectivity index (χ1v) is 11.0. The number of likely N-dealkylation sites (tertiary alicyclic amines) is 1. The highest BCUT2D eigenvalue weighted by molar-refractivity contribution is 6.46.